The predicted molar refractivity (Wildman–Crippen MR) is 69.8 cm³/mol. The quantitative estimate of drug-likeness (QED) is 0.767. The van der Waals surface area contributed by atoms with Crippen LogP contribution in [0, 0.1) is 0 Å². The van der Waals surface area contributed by atoms with Gasteiger partial charge in [-0.15, -0.1) is 0 Å². The van der Waals surface area contributed by atoms with Gasteiger partial charge in [0.05, 0.1) is 5.56 Å². The molecule has 1 aliphatic heterocycles. The second-order valence-corrected chi connectivity index (χ2v) is 5.24. The summed E-state index contributed by atoms with van der Waals surface area (Å²) in [6, 6.07) is 5.70. The van der Waals surface area contributed by atoms with E-state index in [1.54, 1.807) is 6.07 Å². The van der Waals surface area contributed by atoms with Gasteiger partial charge < -0.3 is 0 Å². The summed E-state index contributed by atoms with van der Waals surface area (Å²) < 4.78 is 38.0. The van der Waals surface area contributed by atoms with Gasteiger partial charge in [-0.2, -0.15) is 13.2 Å². The van der Waals surface area contributed by atoms with E-state index in [1.807, 2.05) is 0 Å². The van der Waals surface area contributed by atoms with Crippen molar-refractivity contribution in [3.8, 4) is 0 Å². The van der Waals surface area contributed by atoms with Crippen LogP contribution >= 0.6 is 0 Å². The topological polar surface area (TPSA) is 3.24 Å². The summed E-state index contributed by atoms with van der Waals surface area (Å²) in [6.07, 6.45) is 1.82. The highest BCUT2D eigenvalue weighted by molar-refractivity contribution is 5.25. The molecule has 1 fully saturated rings. The minimum Gasteiger partial charge on any atom is -0.299 e. The van der Waals surface area contributed by atoms with Gasteiger partial charge >= 0.3 is 6.18 Å². The minimum atomic E-state index is -4.24. The summed E-state index contributed by atoms with van der Waals surface area (Å²) in [5.41, 5.74) is 0.215. The van der Waals surface area contributed by atoms with Gasteiger partial charge in [-0.05, 0) is 37.6 Å². The molecule has 0 aromatic heterocycles. The van der Waals surface area contributed by atoms with Crippen molar-refractivity contribution >= 4 is 0 Å². The van der Waals surface area contributed by atoms with Crippen LogP contribution in [-0.4, -0.2) is 18.0 Å². The molecule has 0 atom stereocenters. The van der Waals surface area contributed by atoms with E-state index >= 15 is 0 Å². The highest BCUT2D eigenvalue weighted by Crippen LogP contribution is 2.29. The van der Waals surface area contributed by atoms with Crippen molar-refractivity contribution < 1.29 is 13.2 Å². The molecule has 1 aliphatic rings. The third-order valence-electron chi connectivity index (χ3n) is 3.61. The van der Waals surface area contributed by atoms with E-state index in [2.05, 4.69) is 4.90 Å². The van der Waals surface area contributed by atoms with Gasteiger partial charge in [-0.25, -0.2) is 0 Å². The first-order valence-electron chi connectivity index (χ1n) is 6.94. The Balaban J connectivity index is 2.01. The Morgan fingerprint density at radius 2 is 1.58 bits per heavy atom. The largest absolute Gasteiger partial charge is 0.416 e. The number of likely N-dealkylation sites (tertiary alicyclic amines) is 1. The van der Waals surface area contributed by atoms with Crippen LogP contribution in [0.2, 0.25) is 0 Å². The van der Waals surface area contributed by atoms with Gasteiger partial charge in [-0.3, -0.25) is 4.90 Å². The van der Waals surface area contributed by atoms with Gasteiger partial charge in [0.2, 0.25) is 0 Å². The molecule has 1 aromatic carbocycles. The average Bonchev–Trinajstić information content (AvgIpc) is 2.32. The van der Waals surface area contributed by atoms with Crippen LogP contribution in [0.4, 0.5) is 13.2 Å². The van der Waals surface area contributed by atoms with Crippen LogP contribution in [0.1, 0.15) is 43.2 Å². The van der Waals surface area contributed by atoms with Crippen molar-refractivity contribution in [2.75, 3.05) is 13.1 Å². The zero-order valence-electron chi connectivity index (χ0n) is 11.0. The second kappa shape index (κ2) is 6.42. The number of rotatable bonds is 2. The number of hydrogen-bond acceptors (Lipinski definition) is 1. The Labute approximate surface area is 112 Å². The highest BCUT2D eigenvalue weighted by Gasteiger charge is 2.30. The van der Waals surface area contributed by atoms with Gasteiger partial charge in [0, 0.05) is 6.54 Å². The SMILES string of the molecule is FC(F)(F)c1cccc(CN2CCCCCCC2)c1. The number of alkyl halides is 3. The lowest BCUT2D eigenvalue weighted by molar-refractivity contribution is -0.137. The normalized spacial score (nSPS) is 18.9. The van der Waals surface area contributed by atoms with Gasteiger partial charge in [0.25, 0.3) is 0 Å². The maximum Gasteiger partial charge on any atom is 0.416 e. The summed E-state index contributed by atoms with van der Waals surface area (Å²) in [5, 5.41) is 0. The lowest BCUT2D eigenvalue weighted by Crippen LogP contribution is -2.27. The van der Waals surface area contributed by atoms with E-state index in [0.29, 0.717) is 6.54 Å². The lowest BCUT2D eigenvalue weighted by atomic mass is 10.1. The number of halogens is 3. The molecule has 0 bridgehead atoms. The van der Waals surface area contributed by atoms with Crippen LogP contribution in [0.25, 0.3) is 0 Å². The van der Waals surface area contributed by atoms with Gasteiger partial charge in [0.15, 0.2) is 0 Å². The molecule has 1 aromatic rings. The molecular formula is C15H20F3N. The van der Waals surface area contributed by atoms with Crippen LogP contribution in [-0.2, 0) is 12.7 Å². The molecule has 0 radical (unpaired) electrons. The van der Waals surface area contributed by atoms with Crippen molar-refractivity contribution in [3.05, 3.63) is 35.4 Å². The smallest absolute Gasteiger partial charge is 0.299 e. The number of hydrogen-bond donors (Lipinski definition) is 0. The third kappa shape index (κ3) is 4.53. The molecule has 0 aliphatic carbocycles. The molecule has 1 nitrogen and oxygen atoms in total. The minimum absolute atomic E-state index is 0.544. The van der Waals surface area contributed by atoms with E-state index in [-0.39, 0.29) is 0 Å². The summed E-state index contributed by atoms with van der Waals surface area (Å²) in [7, 11) is 0. The Bertz CT molecular complexity index is 393. The zero-order valence-corrected chi connectivity index (χ0v) is 11.0. The maximum atomic E-state index is 12.7. The maximum absolute atomic E-state index is 12.7. The summed E-state index contributed by atoms with van der Waals surface area (Å²) >= 11 is 0. The molecule has 106 valence electrons. The second-order valence-electron chi connectivity index (χ2n) is 5.24. The zero-order chi connectivity index (χ0) is 13.7. The van der Waals surface area contributed by atoms with Crippen molar-refractivity contribution in [2.24, 2.45) is 0 Å². The van der Waals surface area contributed by atoms with E-state index in [9.17, 15) is 13.2 Å². The monoisotopic (exact) mass is 271 g/mol. The molecule has 0 unspecified atom stereocenters. The predicted octanol–water partition coefficient (Wildman–Crippen LogP) is 4.47. The number of nitrogens with zero attached hydrogens (tertiary/aromatic N) is 1. The van der Waals surface area contributed by atoms with Crippen LogP contribution in [0.3, 0.4) is 0 Å². The first-order valence-corrected chi connectivity index (χ1v) is 6.94. The first kappa shape index (κ1) is 14.4. The van der Waals surface area contributed by atoms with Crippen LogP contribution in [0.5, 0.6) is 0 Å². The summed E-state index contributed by atoms with van der Waals surface area (Å²) in [6.45, 7) is 2.62. The first-order chi connectivity index (χ1) is 9.05. The Morgan fingerprint density at radius 3 is 2.21 bits per heavy atom. The van der Waals surface area contributed by atoms with Crippen molar-refractivity contribution in [2.45, 2.75) is 44.8 Å². The lowest BCUT2D eigenvalue weighted by Gasteiger charge is -2.24. The third-order valence-corrected chi connectivity index (χ3v) is 3.61. The highest BCUT2D eigenvalue weighted by atomic mass is 19.4. The van der Waals surface area contributed by atoms with Crippen molar-refractivity contribution in [3.63, 3.8) is 0 Å². The molecule has 1 heterocycles. The van der Waals surface area contributed by atoms with E-state index in [1.165, 1.54) is 31.4 Å². The molecular weight excluding hydrogens is 251 g/mol. The Hall–Kier alpha value is -1.03. The molecule has 0 amide bonds. The fourth-order valence-electron chi connectivity index (χ4n) is 2.58. The Kier molecular flexibility index (Phi) is 4.86. The molecule has 0 N–H and O–H groups in total. The fourth-order valence-corrected chi connectivity index (χ4v) is 2.58. The van der Waals surface area contributed by atoms with E-state index in [4.69, 9.17) is 0 Å². The molecule has 19 heavy (non-hydrogen) atoms. The van der Waals surface area contributed by atoms with Crippen molar-refractivity contribution in [1.82, 2.24) is 4.90 Å². The molecule has 4 heteroatoms. The summed E-state index contributed by atoms with van der Waals surface area (Å²) in [4.78, 5) is 2.27. The molecule has 0 saturated carbocycles. The average molecular weight is 271 g/mol. The number of benzene rings is 1. The van der Waals surface area contributed by atoms with E-state index < -0.39 is 11.7 Å². The van der Waals surface area contributed by atoms with Crippen LogP contribution < -0.4 is 0 Å². The molecule has 1 saturated heterocycles. The fraction of sp³-hybridized carbons (Fsp3) is 0.600. The van der Waals surface area contributed by atoms with Gasteiger partial charge in [-0.1, -0.05) is 37.5 Å². The standard InChI is InChI=1S/C15H20F3N/c16-15(17,18)14-8-6-7-13(11-14)12-19-9-4-2-1-3-5-10-19/h6-8,11H,1-5,9-10,12H2. The van der Waals surface area contributed by atoms with E-state index in [0.717, 1.165) is 37.6 Å². The Morgan fingerprint density at radius 1 is 0.947 bits per heavy atom. The molecule has 0 spiro atoms. The molecule has 2 rings (SSSR count). The van der Waals surface area contributed by atoms with Crippen LogP contribution in [0.15, 0.2) is 24.3 Å². The van der Waals surface area contributed by atoms with Crippen molar-refractivity contribution in [1.29, 1.82) is 0 Å². The van der Waals surface area contributed by atoms with Gasteiger partial charge in [0.1, 0.15) is 0 Å². The summed E-state index contributed by atoms with van der Waals surface area (Å²) in [5.74, 6) is 0.